The number of hydrogen-bond donors (Lipinski definition) is 0. The number of hydrogen-bond acceptors (Lipinski definition) is 5. The Bertz CT molecular complexity index is 1120. The lowest BCUT2D eigenvalue weighted by atomic mass is 10.1. The lowest BCUT2D eigenvalue weighted by molar-refractivity contribution is 0.0719. The number of aromatic nitrogens is 2. The van der Waals surface area contributed by atoms with Gasteiger partial charge in [-0.2, -0.15) is 0 Å². The topological polar surface area (TPSA) is 80.2 Å². The number of benzene rings is 2. The smallest absolute Gasteiger partial charge is 0.274 e. The van der Waals surface area contributed by atoms with E-state index < -0.39 is 15.1 Å². The van der Waals surface area contributed by atoms with Crippen LogP contribution in [0.1, 0.15) is 28.9 Å². The highest BCUT2D eigenvalue weighted by Crippen LogP contribution is 2.25. The van der Waals surface area contributed by atoms with Crippen molar-refractivity contribution in [1.29, 1.82) is 0 Å². The molecule has 1 saturated heterocycles. The summed E-state index contributed by atoms with van der Waals surface area (Å²) < 4.78 is 25.7. The van der Waals surface area contributed by atoms with Crippen molar-refractivity contribution >= 4 is 26.8 Å². The molecule has 0 unspecified atom stereocenters. The van der Waals surface area contributed by atoms with Crippen molar-refractivity contribution in [2.75, 3.05) is 13.1 Å². The summed E-state index contributed by atoms with van der Waals surface area (Å²) in [5.41, 5.74) is 2.72. The average Bonchev–Trinajstić information content (AvgIpc) is 2.73. The van der Waals surface area contributed by atoms with E-state index in [0.29, 0.717) is 42.0 Å². The second kappa shape index (κ2) is 7.31. The summed E-state index contributed by atoms with van der Waals surface area (Å²) in [5, 5.41) is -0.470. The molecule has 0 aliphatic carbocycles. The largest absolute Gasteiger partial charge is 0.337 e. The molecule has 1 aliphatic rings. The van der Waals surface area contributed by atoms with E-state index in [0.717, 1.165) is 11.1 Å². The zero-order valence-electron chi connectivity index (χ0n) is 15.6. The van der Waals surface area contributed by atoms with Crippen LogP contribution in [0.4, 0.5) is 0 Å². The first-order valence-corrected chi connectivity index (χ1v) is 10.8. The van der Waals surface area contributed by atoms with Crippen LogP contribution in [0, 0.1) is 6.92 Å². The number of amides is 1. The fraction of sp³-hybridized carbons (Fsp3) is 0.286. The maximum Gasteiger partial charge on any atom is 0.274 e. The van der Waals surface area contributed by atoms with Gasteiger partial charge in [0.15, 0.2) is 9.84 Å². The number of aryl methyl sites for hydroxylation is 1. The van der Waals surface area contributed by atoms with Gasteiger partial charge >= 0.3 is 0 Å². The predicted molar refractivity (Wildman–Crippen MR) is 107 cm³/mol. The van der Waals surface area contributed by atoms with Crippen molar-refractivity contribution in [2.45, 2.75) is 29.9 Å². The van der Waals surface area contributed by atoms with E-state index in [4.69, 9.17) is 0 Å². The van der Waals surface area contributed by atoms with Crippen molar-refractivity contribution in [3.8, 4) is 0 Å². The maximum absolute atomic E-state index is 12.9. The zero-order chi connectivity index (χ0) is 19.7. The van der Waals surface area contributed by atoms with Gasteiger partial charge in [0.1, 0.15) is 5.69 Å². The van der Waals surface area contributed by atoms with E-state index in [1.54, 1.807) is 17.0 Å². The van der Waals surface area contributed by atoms with Crippen LogP contribution >= 0.6 is 0 Å². The van der Waals surface area contributed by atoms with Crippen LogP contribution in [0.5, 0.6) is 0 Å². The summed E-state index contributed by atoms with van der Waals surface area (Å²) in [4.78, 5) is 23.5. The van der Waals surface area contributed by atoms with Crippen molar-refractivity contribution in [3.05, 3.63) is 66.0 Å². The van der Waals surface area contributed by atoms with Gasteiger partial charge in [0.25, 0.3) is 5.91 Å². The molecule has 0 N–H and O–H groups in total. The van der Waals surface area contributed by atoms with E-state index >= 15 is 0 Å². The highest BCUT2D eigenvalue weighted by molar-refractivity contribution is 7.92. The van der Waals surface area contributed by atoms with Gasteiger partial charge in [0, 0.05) is 13.1 Å². The van der Waals surface area contributed by atoms with E-state index in [-0.39, 0.29) is 5.91 Å². The van der Waals surface area contributed by atoms with Crippen molar-refractivity contribution in [2.24, 2.45) is 0 Å². The molecule has 0 saturated carbocycles. The van der Waals surface area contributed by atoms with Gasteiger partial charge in [-0.25, -0.2) is 13.4 Å². The molecule has 2 heterocycles. The molecule has 0 atom stereocenters. The van der Waals surface area contributed by atoms with E-state index in [1.807, 2.05) is 43.3 Å². The van der Waals surface area contributed by atoms with Gasteiger partial charge in [0.05, 0.1) is 27.4 Å². The predicted octanol–water partition coefficient (Wildman–Crippen LogP) is 3.02. The minimum absolute atomic E-state index is 0.204. The van der Waals surface area contributed by atoms with Crippen LogP contribution < -0.4 is 0 Å². The SMILES string of the molecule is Cc1ccc(S(=O)(=O)C2CCN(C(=O)c3cnc4ccccc4n3)CC2)cc1. The third kappa shape index (κ3) is 3.49. The van der Waals surface area contributed by atoms with Crippen LogP contribution in [0.15, 0.2) is 59.6 Å². The molecule has 3 aromatic rings. The van der Waals surface area contributed by atoms with Crippen LogP contribution in [0.3, 0.4) is 0 Å². The van der Waals surface area contributed by atoms with Gasteiger partial charge in [-0.15, -0.1) is 0 Å². The minimum atomic E-state index is -3.39. The molecular formula is C21H21N3O3S. The lowest BCUT2D eigenvalue weighted by Gasteiger charge is -2.31. The third-order valence-corrected chi connectivity index (χ3v) is 7.46. The summed E-state index contributed by atoms with van der Waals surface area (Å²) >= 11 is 0. The molecule has 7 heteroatoms. The van der Waals surface area contributed by atoms with E-state index in [2.05, 4.69) is 9.97 Å². The molecule has 0 bridgehead atoms. The molecule has 144 valence electrons. The average molecular weight is 395 g/mol. The quantitative estimate of drug-likeness (QED) is 0.681. The summed E-state index contributed by atoms with van der Waals surface area (Å²) in [6, 6.07) is 14.3. The number of para-hydroxylation sites is 2. The molecular weight excluding hydrogens is 374 g/mol. The number of fused-ring (bicyclic) bond motifs is 1. The Morgan fingerprint density at radius 3 is 2.32 bits per heavy atom. The number of sulfone groups is 1. The van der Waals surface area contributed by atoms with Crippen LogP contribution in [-0.4, -0.2) is 47.5 Å². The maximum atomic E-state index is 12.9. The van der Waals surface area contributed by atoms with Gasteiger partial charge < -0.3 is 4.90 Å². The first-order chi connectivity index (χ1) is 13.4. The fourth-order valence-corrected chi connectivity index (χ4v) is 5.24. The highest BCUT2D eigenvalue weighted by atomic mass is 32.2. The number of nitrogens with zero attached hydrogens (tertiary/aromatic N) is 3. The Balaban J connectivity index is 1.47. The Morgan fingerprint density at radius 2 is 1.64 bits per heavy atom. The normalized spacial score (nSPS) is 15.7. The van der Waals surface area contributed by atoms with Crippen LogP contribution in [0.2, 0.25) is 0 Å². The summed E-state index contributed by atoms with van der Waals surface area (Å²) in [6.07, 6.45) is 2.33. The molecule has 1 aliphatic heterocycles. The van der Waals surface area contributed by atoms with Crippen LogP contribution in [-0.2, 0) is 9.84 Å². The van der Waals surface area contributed by atoms with Gasteiger partial charge in [-0.1, -0.05) is 29.8 Å². The molecule has 0 radical (unpaired) electrons. The Labute approximate surface area is 164 Å². The number of likely N-dealkylation sites (tertiary alicyclic amines) is 1. The second-order valence-electron chi connectivity index (χ2n) is 7.09. The zero-order valence-corrected chi connectivity index (χ0v) is 16.4. The first-order valence-electron chi connectivity index (χ1n) is 9.27. The molecule has 1 amide bonds. The monoisotopic (exact) mass is 395 g/mol. The number of carbonyl (C=O) groups excluding carboxylic acids is 1. The molecule has 0 spiro atoms. The number of piperidine rings is 1. The Morgan fingerprint density at radius 1 is 1.00 bits per heavy atom. The Hall–Kier alpha value is -2.80. The van der Waals surface area contributed by atoms with E-state index in [9.17, 15) is 13.2 Å². The highest BCUT2D eigenvalue weighted by Gasteiger charge is 2.33. The van der Waals surface area contributed by atoms with Crippen LogP contribution in [0.25, 0.3) is 11.0 Å². The number of carbonyl (C=O) groups is 1. The number of rotatable bonds is 3. The molecule has 28 heavy (non-hydrogen) atoms. The Kier molecular flexibility index (Phi) is 4.85. The van der Waals surface area contributed by atoms with Gasteiger partial charge in [0.2, 0.25) is 0 Å². The molecule has 1 aromatic heterocycles. The van der Waals surface area contributed by atoms with Gasteiger partial charge in [-0.05, 0) is 44.0 Å². The molecule has 4 rings (SSSR count). The summed E-state index contributed by atoms with van der Waals surface area (Å²) in [5.74, 6) is -0.204. The van der Waals surface area contributed by atoms with Gasteiger partial charge in [-0.3, -0.25) is 9.78 Å². The van der Waals surface area contributed by atoms with Crippen molar-refractivity contribution in [3.63, 3.8) is 0 Å². The molecule has 1 fully saturated rings. The summed E-state index contributed by atoms with van der Waals surface area (Å²) in [7, 11) is -3.39. The van der Waals surface area contributed by atoms with E-state index in [1.165, 1.54) is 6.20 Å². The van der Waals surface area contributed by atoms with Crippen molar-refractivity contribution < 1.29 is 13.2 Å². The lowest BCUT2D eigenvalue weighted by Crippen LogP contribution is -2.42. The minimum Gasteiger partial charge on any atom is -0.337 e. The molecule has 6 nitrogen and oxygen atoms in total. The second-order valence-corrected chi connectivity index (χ2v) is 9.32. The summed E-state index contributed by atoms with van der Waals surface area (Å²) in [6.45, 7) is 2.71. The standard InChI is InChI=1S/C21H21N3O3S/c1-15-6-8-16(9-7-15)28(26,27)17-10-12-24(13-11-17)21(25)20-14-22-18-4-2-3-5-19(18)23-20/h2-9,14,17H,10-13H2,1H3. The third-order valence-electron chi connectivity index (χ3n) is 5.19. The van der Waals surface area contributed by atoms with Crippen molar-refractivity contribution in [1.82, 2.24) is 14.9 Å². The first kappa shape index (κ1) is 18.6. The molecule has 2 aromatic carbocycles. The fourth-order valence-electron chi connectivity index (χ4n) is 3.51.